The summed E-state index contributed by atoms with van der Waals surface area (Å²) in [5.74, 6) is 0. The Labute approximate surface area is 119 Å². The van der Waals surface area contributed by atoms with Crippen molar-refractivity contribution in [3.05, 3.63) is 12.4 Å². The zero-order valence-electron chi connectivity index (χ0n) is 11.7. The summed E-state index contributed by atoms with van der Waals surface area (Å²) in [7, 11) is -1.79. The highest BCUT2D eigenvalue weighted by Gasteiger charge is 2.33. The predicted molar refractivity (Wildman–Crippen MR) is 74.9 cm³/mol. The number of ether oxygens (including phenoxy) is 1. The molecule has 2 heterocycles. The molecule has 0 saturated carbocycles. The molecule has 114 valence electrons. The first-order valence-corrected chi connectivity index (χ1v) is 8.30. The number of methoxy groups -OCH3 is 1. The van der Waals surface area contributed by atoms with Gasteiger partial charge in [0.2, 0.25) is 10.0 Å². The summed E-state index contributed by atoms with van der Waals surface area (Å²) < 4.78 is 31.7. The van der Waals surface area contributed by atoms with Crippen LogP contribution in [0.15, 0.2) is 17.3 Å². The van der Waals surface area contributed by atoms with Gasteiger partial charge in [-0.3, -0.25) is 5.10 Å². The summed E-state index contributed by atoms with van der Waals surface area (Å²) in [6, 6.07) is 0.000469. The third-order valence-corrected chi connectivity index (χ3v) is 5.43. The molecule has 1 aromatic rings. The van der Waals surface area contributed by atoms with Gasteiger partial charge in [0.15, 0.2) is 0 Å². The van der Waals surface area contributed by atoms with Crippen LogP contribution in [0.3, 0.4) is 0 Å². The summed E-state index contributed by atoms with van der Waals surface area (Å²) in [5, 5.41) is 9.54. The first kappa shape index (κ1) is 15.4. The molecule has 1 aliphatic heterocycles. The maximum atomic E-state index is 12.6. The lowest BCUT2D eigenvalue weighted by Gasteiger charge is -2.34. The number of aromatic nitrogens is 2. The predicted octanol–water partition coefficient (Wildman–Crippen LogP) is 0.189. The van der Waals surface area contributed by atoms with Crippen LogP contribution >= 0.6 is 0 Å². The number of aromatic amines is 1. The van der Waals surface area contributed by atoms with E-state index in [1.807, 2.05) is 0 Å². The molecule has 1 atom stereocenters. The van der Waals surface area contributed by atoms with Crippen LogP contribution in [0, 0.1) is 0 Å². The second-order valence-corrected chi connectivity index (χ2v) is 6.79. The molecule has 0 spiro atoms. The van der Waals surface area contributed by atoms with E-state index in [4.69, 9.17) is 4.74 Å². The third-order valence-electron chi connectivity index (χ3n) is 3.52. The average molecular weight is 302 g/mol. The van der Waals surface area contributed by atoms with Gasteiger partial charge >= 0.3 is 0 Å². The zero-order chi connectivity index (χ0) is 14.4. The first-order chi connectivity index (χ1) is 9.66. The highest BCUT2D eigenvalue weighted by atomic mass is 32.2. The summed E-state index contributed by atoms with van der Waals surface area (Å²) in [5.41, 5.74) is 0. The van der Waals surface area contributed by atoms with Gasteiger partial charge in [0.1, 0.15) is 4.90 Å². The van der Waals surface area contributed by atoms with E-state index < -0.39 is 10.0 Å². The summed E-state index contributed by atoms with van der Waals surface area (Å²) in [4.78, 5) is 0.237. The van der Waals surface area contributed by atoms with Crippen LogP contribution in [0.4, 0.5) is 0 Å². The van der Waals surface area contributed by atoms with Crippen LogP contribution in [-0.4, -0.2) is 62.3 Å². The highest BCUT2D eigenvalue weighted by molar-refractivity contribution is 7.89. The van der Waals surface area contributed by atoms with E-state index >= 15 is 0 Å². The van der Waals surface area contributed by atoms with Gasteiger partial charge in [-0.25, -0.2) is 8.42 Å². The molecule has 20 heavy (non-hydrogen) atoms. The highest BCUT2D eigenvalue weighted by Crippen LogP contribution is 2.24. The van der Waals surface area contributed by atoms with E-state index in [9.17, 15) is 8.42 Å². The fourth-order valence-corrected chi connectivity index (χ4v) is 4.05. The van der Waals surface area contributed by atoms with Crippen molar-refractivity contribution in [1.82, 2.24) is 19.8 Å². The molecule has 1 saturated heterocycles. The van der Waals surface area contributed by atoms with Crippen LogP contribution in [0.5, 0.6) is 0 Å². The molecule has 1 aliphatic rings. The number of H-pyrrole nitrogens is 1. The molecule has 8 heteroatoms. The third kappa shape index (κ3) is 3.57. The number of rotatable bonds is 7. The Morgan fingerprint density at radius 3 is 3.10 bits per heavy atom. The molecule has 0 aromatic carbocycles. The maximum absolute atomic E-state index is 12.6. The largest absolute Gasteiger partial charge is 0.383 e. The van der Waals surface area contributed by atoms with Crippen molar-refractivity contribution in [3.8, 4) is 0 Å². The monoisotopic (exact) mass is 302 g/mol. The summed E-state index contributed by atoms with van der Waals surface area (Å²) in [6.07, 6.45) is 5.65. The average Bonchev–Trinajstić information content (AvgIpc) is 2.99. The van der Waals surface area contributed by atoms with Gasteiger partial charge in [-0.2, -0.15) is 9.40 Å². The van der Waals surface area contributed by atoms with Crippen LogP contribution in [-0.2, 0) is 14.8 Å². The van der Waals surface area contributed by atoms with E-state index in [0.29, 0.717) is 19.7 Å². The van der Waals surface area contributed by atoms with Crippen LogP contribution in [0.2, 0.25) is 0 Å². The SMILES string of the molecule is COCCNCC1CCCCN1S(=O)(=O)c1cn[nH]c1. The Morgan fingerprint density at radius 1 is 1.55 bits per heavy atom. The second kappa shape index (κ2) is 7.16. The van der Waals surface area contributed by atoms with E-state index in [-0.39, 0.29) is 10.9 Å². The molecular formula is C12H22N4O3S. The van der Waals surface area contributed by atoms with E-state index in [1.165, 1.54) is 12.4 Å². The molecule has 1 unspecified atom stereocenters. The Balaban J connectivity index is 2.03. The van der Waals surface area contributed by atoms with Crippen molar-refractivity contribution in [3.63, 3.8) is 0 Å². The minimum atomic E-state index is -3.44. The Bertz CT molecular complexity index is 489. The molecule has 1 fully saturated rings. The Kier molecular flexibility index (Phi) is 5.53. The van der Waals surface area contributed by atoms with E-state index in [0.717, 1.165) is 25.8 Å². The molecule has 0 amide bonds. The topological polar surface area (TPSA) is 87.3 Å². The van der Waals surface area contributed by atoms with Crippen molar-refractivity contribution >= 4 is 10.0 Å². The lowest BCUT2D eigenvalue weighted by atomic mass is 10.1. The normalized spacial score (nSPS) is 21.1. The fourth-order valence-electron chi connectivity index (χ4n) is 2.45. The maximum Gasteiger partial charge on any atom is 0.246 e. The Morgan fingerprint density at radius 2 is 2.40 bits per heavy atom. The Hall–Kier alpha value is -0.960. The summed E-state index contributed by atoms with van der Waals surface area (Å²) >= 11 is 0. The quantitative estimate of drug-likeness (QED) is 0.702. The van der Waals surface area contributed by atoms with E-state index in [2.05, 4.69) is 15.5 Å². The van der Waals surface area contributed by atoms with Crippen LogP contribution in [0.25, 0.3) is 0 Å². The van der Waals surface area contributed by atoms with E-state index in [1.54, 1.807) is 11.4 Å². The number of hydrogen-bond donors (Lipinski definition) is 2. The van der Waals surface area contributed by atoms with Gasteiger partial charge in [0.05, 0.1) is 12.8 Å². The zero-order valence-corrected chi connectivity index (χ0v) is 12.5. The lowest BCUT2D eigenvalue weighted by molar-refractivity contribution is 0.191. The molecular weight excluding hydrogens is 280 g/mol. The van der Waals surface area contributed by atoms with Crippen molar-refractivity contribution in [2.45, 2.75) is 30.2 Å². The van der Waals surface area contributed by atoms with Gasteiger partial charge in [-0.1, -0.05) is 6.42 Å². The van der Waals surface area contributed by atoms with Gasteiger partial charge in [-0.15, -0.1) is 0 Å². The van der Waals surface area contributed by atoms with Crippen LogP contribution in [0.1, 0.15) is 19.3 Å². The molecule has 0 aliphatic carbocycles. The molecule has 0 radical (unpaired) electrons. The number of sulfonamides is 1. The smallest absolute Gasteiger partial charge is 0.246 e. The van der Waals surface area contributed by atoms with Gasteiger partial charge in [-0.05, 0) is 12.8 Å². The fraction of sp³-hybridized carbons (Fsp3) is 0.750. The molecule has 1 aromatic heterocycles. The summed E-state index contributed by atoms with van der Waals surface area (Å²) in [6.45, 7) is 2.58. The number of nitrogens with zero attached hydrogens (tertiary/aromatic N) is 2. The van der Waals surface area contributed by atoms with Gasteiger partial charge in [0, 0.05) is 39.0 Å². The van der Waals surface area contributed by atoms with Crippen molar-refractivity contribution < 1.29 is 13.2 Å². The minimum absolute atomic E-state index is 0.000469. The second-order valence-electron chi connectivity index (χ2n) is 4.90. The lowest BCUT2D eigenvalue weighted by Crippen LogP contribution is -2.48. The molecule has 2 rings (SSSR count). The number of piperidine rings is 1. The molecule has 0 bridgehead atoms. The van der Waals surface area contributed by atoms with Crippen molar-refractivity contribution in [1.29, 1.82) is 0 Å². The molecule has 2 N–H and O–H groups in total. The first-order valence-electron chi connectivity index (χ1n) is 6.86. The number of nitrogens with one attached hydrogen (secondary N) is 2. The standard InChI is InChI=1S/C12H22N4O3S/c1-19-7-5-13-8-11-4-2-3-6-16(11)20(17,18)12-9-14-15-10-12/h9-11,13H,2-8H2,1H3,(H,14,15). The molecule has 7 nitrogen and oxygen atoms in total. The minimum Gasteiger partial charge on any atom is -0.383 e. The van der Waals surface area contributed by atoms with Crippen molar-refractivity contribution in [2.24, 2.45) is 0 Å². The van der Waals surface area contributed by atoms with Gasteiger partial charge in [0.25, 0.3) is 0 Å². The van der Waals surface area contributed by atoms with Crippen molar-refractivity contribution in [2.75, 3.05) is 33.4 Å². The van der Waals surface area contributed by atoms with Gasteiger partial charge < -0.3 is 10.1 Å². The van der Waals surface area contributed by atoms with Crippen LogP contribution < -0.4 is 5.32 Å². The number of hydrogen-bond acceptors (Lipinski definition) is 5.